The van der Waals surface area contributed by atoms with Gasteiger partial charge >= 0.3 is 0 Å². The number of nitrogens with one attached hydrogen (secondary N) is 1. The molecular formula is C18H20Cl2N2O3S. The van der Waals surface area contributed by atoms with Crippen LogP contribution >= 0.6 is 23.2 Å². The number of hydrogen-bond donors (Lipinski definition) is 1. The van der Waals surface area contributed by atoms with Crippen LogP contribution < -0.4 is 9.62 Å². The third kappa shape index (κ3) is 5.37. The Morgan fingerprint density at radius 1 is 1.15 bits per heavy atom. The highest BCUT2D eigenvalue weighted by atomic mass is 35.5. The number of anilines is 1. The highest BCUT2D eigenvalue weighted by Crippen LogP contribution is 2.30. The van der Waals surface area contributed by atoms with E-state index in [4.69, 9.17) is 23.2 Å². The summed E-state index contributed by atoms with van der Waals surface area (Å²) >= 11 is 12.1. The fourth-order valence-electron chi connectivity index (χ4n) is 2.53. The van der Waals surface area contributed by atoms with E-state index in [1.807, 2.05) is 37.3 Å². The van der Waals surface area contributed by atoms with E-state index in [2.05, 4.69) is 5.32 Å². The molecule has 1 atom stereocenters. The first-order valence-electron chi connectivity index (χ1n) is 7.99. The van der Waals surface area contributed by atoms with E-state index >= 15 is 0 Å². The van der Waals surface area contributed by atoms with Gasteiger partial charge in [-0.15, -0.1) is 0 Å². The van der Waals surface area contributed by atoms with Gasteiger partial charge in [0.1, 0.15) is 6.54 Å². The Bertz CT molecular complexity index is 873. The van der Waals surface area contributed by atoms with Gasteiger partial charge in [-0.2, -0.15) is 0 Å². The molecule has 1 amide bonds. The van der Waals surface area contributed by atoms with Gasteiger partial charge in [0.2, 0.25) is 15.9 Å². The van der Waals surface area contributed by atoms with E-state index < -0.39 is 15.9 Å². The molecule has 0 aliphatic heterocycles. The highest BCUT2D eigenvalue weighted by Gasteiger charge is 2.24. The van der Waals surface area contributed by atoms with Crippen LogP contribution in [0.1, 0.15) is 24.9 Å². The summed E-state index contributed by atoms with van der Waals surface area (Å²) in [6.07, 6.45) is 1.69. The van der Waals surface area contributed by atoms with Crippen molar-refractivity contribution in [3.05, 3.63) is 64.1 Å². The van der Waals surface area contributed by atoms with E-state index in [1.165, 1.54) is 12.1 Å². The molecule has 0 bridgehead atoms. The molecule has 0 fully saturated rings. The Kier molecular flexibility index (Phi) is 6.92. The quantitative estimate of drug-likeness (QED) is 0.743. The van der Waals surface area contributed by atoms with Crippen molar-refractivity contribution in [1.82, 2.24) is 5.32 Å². The van der Waals surface area contributed by atoms with Crippen LogP contribution in [0, 0.1) is 0 Å². The maximum Gasteiger partial charge on any atom is 0.241 e. The van der Waals surface area contributed by atoms with E-state index in [-0.39, 0.29) is 23.3 Å². The van der Waals surface area contributed by atoms with Crippen molar-refractivity contribution in [2.24, 2.45) is 0 Å². The smallest absolute Gasteiger partial charge is 0.241 e. The zero-order valence-corrected chi connectivity index (χ0v) is 16.8. The van der Waals surface area contributed by atoms with Crippen LogP contribution in [0.15, 0.2) is 48.5 Å². The molecule has 1 N–H and O–H groups in total. The van der Waals surface area contributed by atoms with E-state index in [0.29, 0.717) is 11.4 Å². The summed E-state index contributed by atoms with van der Waals surface area (Å²) in [6.45, 7) is 1.56. The Morgan fingerprint density at radius 3 is 2.38 bits per heavy atom. The molecule has 8 heteroatoms. The third-order valence-corrected chi connectivity index (χ3v) is 5.49. The van der Waals surface area contributed by atoms with Gasteiger partial charge in [0.25, 0.3) is 0 Å². The van der Waals surface area contributed by atoms with Crippen LogP contribution in [0.3, 0.4) is 0 Å². The number of sulfonamides is 1. The molecule has 5 nitrogen and oxygen atoms in total. The number of rotatable bonds is 7. The molecule has 0 aliphatic carbocycles. The van der Waals surface area contributed by atoms with Crippen LogP contribution in [-0.2, 0) is 14.8 Å². The Balaban J connectivity index is 2.23. The lowest BCUT2D eigenvalue weighted by molar-refractivity contribution is -0.120. The second-order valence-corrected chi connectivity index (χ2v) is 8.55. The van der Waals surface area contributed by atoms with Gasteiger partial charge < -0.3 is 5.32 Å². The summed E-state index contributed by atoms with van der Waals surface area (Å²) in [5.41, 5.74) is 1.12. The van der Waals surface area contributed by atoms with Crippen molar-refractivity contribution in [1.29, 1.82) is 0 Å². The summed E-state index contributed by atoms with van der Waals surface area (Å²) in [5, 5.41) is 3.39. The van der Waals surface area contributed by atoms with Crippen molar-refractivity contribution in [3.8, 4) is 0 Å². The topological polar surface area (TPSA) is 66.5 Å². The first-order chi connectivity index (χ1) is 12.2. The molecule has 0 radical (unpaired) electrons. The highest BCUT2D eigenvalue weighted by molar-refractivity contribution is 7.92. The summed E-state index contributed by atoms with van der Waals surface area (Å²) in [5.74, 6) is -0.429. The molecule has 140 valence electrons. The number of benzene rings is 2. The van der Waals surface area contributed by atoms with Crippen LogP contribution in [0.2, 0.25) is 10.0 Å². The van der Waals surface area contributed by atoms with Gasteiger partial charge in [0, 0.05) is 5.02 Å². The van der Waals surface area contributed by atoms with Gasteiger partial charge in [0.15, 0.2) is 0 Å². The fraction of sp³-hybridized carbons (Fsp3) is 0.278. The summed E-state index contributed by atoms with van der Waals surface area (Å²) in [6, 6.07) is 13.8. The number of carbonyl (C=O) groups is 1. The molecule has 0 aromatic heterocycles. The standard InChI is InChI=1S/C18H20Cl2N2O3S/c1-3-16(13-7-5-4-6-8-13)21-18(23)12-22(26(2,24)25)17-11-14(19)9-10-15(17)20/h4-11,16H,3,12H2,1-2H3,(H,21,23). The number of carbonyl (C=O) groups excluding carboxylic acids is 1. The van der Waals surface area contributed by atoms with Crippen molar-refractivity contribution in [2.45, 2.75) is 19.4 Å². The van der Waals surface area contributed by atoms with Crippen molar-refractivity contribution >= 4 is 44.8 Å². The van der Waals surface area contributed by atoms with E-state index in [0.717, 1.165) is 16.1 Å². The monoisotopic (exact) mass is 414 g/mol. The lowest BCUT2D eigenvalue weighted by Gasteiger charge is -2.25. The largest absolute Gasteiger partial charge is 0.348 e. The predicted molar refractivity (Wildman–Crippen MR) is 106 cm³/mol. The maximum absolute atomic E-state index is 12.5. The van der Waals surface area contributed by atoms with Crippen LogP contribution in [0.4, 0.5) is 5.69 Å². The van der Waals surface area contributed by atoms with Crippen LogP contribution in [0.5, 0.6) is 0 Å². The first kappa shape index (κ1) is 20.6. The summed E-state index contributed by atoms with van der Waals surface area (Å²) in [7, 11) is -3.73. The fourth-order valence-corrected chi connectivity index (χ4v) is 3.83. The summed E-state index contributed by atoms with van der Waals surface area (Å²) < 4.78 is 25.4. The SMILES string of the molecule is CCC(NC(=O)CN(c1cc(Cl)ccc1Cl)S(C)(=O)=O)c1ccccc1. The van der Waals surface area contributed by atoms with Gasteiger partial charge in [0.05, 0.1) is 23.0 Å². The van der Waals surface area contributed by atoms with Crippen molar-refractivity contribution in [3.63, 3.8) is 0 Å². The second kappa shape index (κ2) is 8.75. The molecular weight excluding hydrogens is 395 g/mol. The average molecular weight is 415 g/mol. The van der Waals surface area contributed by atoms with Crippen molar-refractivity contribution in [2.75, 3.05) is 17.1 Å². The van der Waals surface area contributed by atoms with Gasteiger partial charge in [-0.05, 0) is 30.2 Å². The number of nitrogens with zero attached hydrogens (tertiary/aromatic N) is 1. The molecule has 0 aliphatic rings. The molecule has 0 saturated carbocycles. The zero-order chi connectivity index (χ0) is 19.3. The molecule has 0 heterocycles. The van der Waals surface area contributed by atoms with Crippen molar-refractivity contribution < 1.29 is 13.2 Å². The second-order valence-electron chi connectivity index (χ2n) is 5.80. The molecule has 26 heavy (non-hydrogen) atoms. The minimum absolute atomic E-state index is 0.171. The molecule has 0 saturated heterocycles. The number of amides is 1. The predicted octanol–water partition coefficient (Wildman–Crippen LogP) is 4.03. The third-order valence-electron chi connectivity index (χ3n) is 3.81. The summed E-state index contributed by atoms with van der Waals surface area (Å²) in [4.78, 5) is 12.5. The van der Waals surface area contributed by atoms with Gasteiger partial charge in [-0.3, -0.25) is 9.10 Å². The van der Waals surface area contributed by atoms with Crippen LogP contribution in [0.25, 0.3) is 0 Å². The minimum Gasteiger partial charge on any atom is -0.348 e. The molecule has 2 rings (SSSR count). The first-order valence-corrected chi connectivity index (χ1v) is 10.6. The molecule has 2 aromatic rings. The normalized spacial score (nSPS) is 12.5. The molecule has 1 unspecified atom stereocenters. The van der Waals surface area contributed by atoms with Gasteiger partial charge in [-0.1, -0.05) is 60.5 Å². The number of hydrogen-bond acceptors (Lipinski definition) is 3. The lowest BCUT2D eigenvalue weighted by Crippen LogP contribution is -2.41. The van der Waals surface area contributed by atoms with Crippen LogP contribution in [-0.4, -0.2) is 27.1 Å². The maximum atomic E-state index is 12.5. The average Bonchev–Trinajstić information content (AvgIpc) is 2.59. The molecule has 0 spiro atoms. The van der Waals surface area contributed by atoms with Gasteiger partial charge in [-0.25, -0.2) is 8.42 Å². The Hall–Kier alpha value is -1.76. The van der Waals surface area contributed by atoms with E-state index in [1.54, 1.807) is 6.07 Å². The Labute approximate surface area is 164 Å². The molecule has 2 aromatic carbocycles. The number of halogens is 2. The lowest BCUT2D eigenvalue weighted by atomic mass is 10.0. The zero-order valence-electron chi connectivity index (χ0n) is 14.4. The minimum atomic E-state index is -3.73. The van der Waals surface area contributed by atoms with E-state index in [9.17, 15) is 13.2 Å². The Morgan fingerprint density at radius 2 is 1.81 bits per heavy atom.